The lowest BCUT2D eigenvalue weighted by atomic mass is 10.1. The molecule has 0 aliphatic heterocycles. The average Bonchev–Trinajstić information content (AvgIpc) is 2.95. The number of halogens is 1. The van der Waals surface area contributed by atoms with Crippen LogP contribution in [0.25, 0.3) is 11.0 Å². The Bertz CT molecular complexity index is 744. The Balaban J connectivity index is 1.50. The van der Waals surface area contributed by atoms with Crippen molar-refractivity contribution in [1.29, 1.82) is 0 Å². The minimum Gasteiger partial charge on any atom is -0.459 e. The Morgan fingerprint density at radius 2 is 1.86 bits per heavy atom. The van der Waals surface area contributed by atoms with Crippen LogP contribution < -0.4 is 5.32 Å². The normalized spacial score (nSPS) is 10.8. The molecule has 4 heteroatoms. The van der Waals surface area contributed by atoms with Gasteiger partial charge < -0.3 is 9.73 Å². The predicted octanol–water partition coefficient (Wildman–Crippen LogP) is 4.34. The fraction of sp³-hybridized carbons (Fsp3) is 0.167. The van der Waals surface area contributed by atoms with Gasteiger partial charge in [-0.25, -0.2) is 0 Å². The molecule has 2 aromatic carbocycles. The molecule has 3 rings (SSSR count). The van der Waals surface area contributed by atoms with Gasteiger partial charge in [0.2, 0.25) is 5.91 Å². The van der Waals surface area contributed by atoms with Crippen molar-refractivity contribution in [2.45, 2.75) is 19.4 Å². The standard InChI is InChI=1S/C18H16ClNO2/c19-15-8-5-13(6-9-15)7-10-18(21)20-12-16-11-14-3-1-2-4-17(14)22-16/h1-6,8-9,11H,7,10,12H2,(H,20,21). The summed E-state index contributed by atoms with van der Waals surface area (Å²) in [5, 5.41) is 4.64. The zero-order chi connectivity index (χ0) is 15.4. The number of benzene rings is 2. The molecule has 3 aromatic rings. The van der Waals surface area contributed by atoms with Crippen molar-refractivity contribution < 1.29 is 9.21 Å². The molecule has 0 spiro atoms. The minimum atomic E-state index is 0.00964. The zero-order valence-electron chi connectivity index (χ0n) is 12.0. The van der Waals surface area contributed by atoms with Crippen LogP contribution in [0, 0.1) is 0 Å². The van der Waals surface area contributed by atoms with Gasteiger partial charge in [0, 0.05) is 16.8 Å². The van der Waals surface area contributed by atoms with Crippen molar-refractivity contribution in [3.63, 3.8) is 0 Å². The number of rotatable bonds is 5. The predicted molar refractivity (Wildman–Crippen MR) is 87.8 cm³/mol. The number of hydrogen-bond acceptors (Lipinski definition) is 2. The van der Waals surface area contributed by atoms with Crippen molar-refractivity contribution in [3.05, 3.63) is 70.9 Å². The van der Waals surface area contributed by atoms with E-state index in [2.05, 4.69) is 5.32 Å². The molecule has 22 heavy (non-hydrogen) atoms. The molecule has 0 atom stereocenters. The first-order chi connectivity index (χ1) is 10.7. The Morgan fingerprint density at radius 1 is 1.09 bits per heavy atom. The summed E-state index contributed by atoms with van der Waals surface area (Å²) in [4.78, 5) is 11.9. The van der Waals surface area contributed by atoms with Crippen LogP contribution in [-0.4, -0.2) is 5.91 Å². The second-order valence-corrected chi connectivity index (χ2v) is 5.59. The van der Waals surface area contributed by atoms with E-state index in [1.165, 1.54) is 0 Å². The molecule has 0 unspecified atom stereocenters. The molecule has 1 aromatic heterocycles. The van der Waals surface area contributed by atoms with Gasteiger partial charge in [0.1, 0.15) is 11.3 Å². The van der Waals surface area contributed by atoms with E-state index in [9.17, 15) is 4.79 Å². The number of aryl methyl sites for hydroxylation is 1. The maximum absolute atomic E-state index is 11.9. The first kappa shape index (κ1) is 14.7. The van der Waals surface area contributed by atoms with Crippen LogP contribution in [0.3, 0.4) is 0 Å². The molecule has 1 heterocycles. The topological polar surface area (TPSA) is 42.2 Å². The Hall–Kier alpha value is -2.26. The molecule has 0 saturated heterocycles. The van der Waals surface area contributed by atoms with Crippen LogP contribution in [0.15, 0.2) is 59.0 Å². The van der Waals surface area contributed by atoms with Gasteiger partial charge in [-0.15, -0.1) is 0 Å². The summed E-state index contributed by atoms with van der Waals surface area (Å²) in [6, 6.07) is 17.3. The van der Waals surface area contributed by atoms with Crippen LogP contribution in [-0.2, 0) is 17.8 Å². The Morgan fingerprint density at radius 3 is 2.64 bits per heavy atom. The quantitative estimate of drug-likeness (QED) is 0.761. The molecule has 1 amide bonds. The van der Waals surface area contributed by atoms with Crippen molar-refractivity contribution in [2.75, 3.05) is 0 Å². The SMILES string of the molecule is O=C(CCc1ccc(Cl)cc1)NCc1cc2ccccc2o1. The van der Waals surface area contributed by atoms with Crippen LogP contribution in [0.2, 0.25) is 5.02 Å². The molecule has 3 nitrogen and oxygen atoms in total. The van der Waals surface area contributed by atoms with E-state index >= 15 is 0 Å². The molecule has 0 aliphatic rings. The van der Waals surface area contributed by atoms with E-state index in [1.54, 1.807) is 0 Å². The second kappa shape index (κ2) is 6.67. The van der Waals surface area contributed by atoms with E-state index in [-0.39, 0.29) is 5.91 Å². The number of hydrogen-bond donors (Lipinski definition) is 1. The van der Waals surface area contributed by atoms with Gasteiger partial charge in [-0.2, -0.15) is 0 Å². The van der Waals surface area contributed by atoms with Gasteiger partial charge in [0.25, 0.3) is 0 Å². The number of para-hydroxylation sites is 1. The van der Waals surface area contributed by atoms with Gasteiger partial charge in [-0.05, 0) is 36.2 Å². The van der Waals surface area contributed by atoms with Crippen LogP contribution in [0.1, 0.15) is 17.7 Å². The monoisotopic (exact) mass is 313 g/mol. The molecular weight excluding hydrogens is 298 g/mol. The second-order valence-electron chi connectivity index (χ2n) is 5.15. The highest BCUT2D eigenvalue weighted by Gasteiger charge is 2.06. The van der Waals surface area contributed by atoms with Crippen molar-refractivity contribution in [1.82, 2.24) is 5.32 Å². The minimum absolute atomic E-state index is 0.00964. The average molecular weight is 314 g/mol. The Labute approximate surface area is 133 Å². The fourth-order valence-corrected chi connectivity index (χ4v) is 2.43. The van der Waals surface area contributed by atoms with Crippen LogP contribution in [0.4, 0.5) is 0 Å². The number of carbonyl (C=O) groups is 1. The third-order valence-corrected chi connectivity index (χ3v) is 3.74. The van der Waals surface area contributed by atoms with Crippen molar-refractivity contribution in [3.8, 4) is 0 Å². The fourth-order valence-electron chi connectivity index (χ4n) is 2.31. The molecule has 0 saturated carbocycles. The van der Waals surface area contributed by atoms with Crippen LogP contribution >= 0.6 is 11.6 Å². The first-order valence-electron chi connectivity index (χ1n) is 7.19. The number of nitrogens with one attached hydrogen (secondary N) is 1. The largest absolute Gasteiger partial charge is 0.459 e. The number of furan rings is 1. The molecular formula is C18H16ClNO2. The first-order valence-corrected chi connectivity index (χ1v) is 7.57. The van der Waals surface area contributed by atoms with Gasteiger partial charge in [-0.1, -0.05) is 41.9 Å². The molecule has 0 bridgehead atoms. The molecule has 0 fully saturated rings. The highest BCUT2D eigenvalue weighted by Crippen LogP contribution is 2.18. The summed E-state index contributed by atoms with van der Waals surface area (Å²) in [5.41, 5.74) is 1.94. The van der Waals surface area contributed by atoms with Crippen molar-refractivity contribution in [2.24, 2.45) is 0 Å². The lowest BCUT2D eigenvalue weighted by molar-refractivity contribution is -0.121. The van der Waals surface area contributed by atoms with Gasteiger partial charge >= 0.3 is 0 Å². The third kappa shape index (κ3) is 3.68. The van der Waals surface area contributed by atoms with Gasteiger partial charge in [-0.3, -0.25) is 4.79 Å². The van der Waals surface area contributed by atoms with E-state index in [0.29, 0.717) is 24.4 Å². The summed E-state index contributed by atoms with van der Waals surface area (Å²) < 4.78 is 5.66. The van der Waals surface area contributed by atoms with Crippen molar-refractivity contribution >= 4 is 28.5 Å². The summed E-state index contributed by atoms with van der Waals surface area (Å²) in [6.07, 6.45) is 1.14. The Kier molecular flexibility index (Phi) is 4.45. The summed E-state index contributed by atoms with van der Waals surface area (Å²) >= 11 is 5.84. The van der Waals surface area contributed by atoms with Gasteiger partial charge in [0.05, 0.1) is 6.54 Å². The summed E-state index contributed by atoms with van der Waals surface area (Å²) in [7, 11) is 0. The molecule has 0 radical (unpaired) electrons. The van der Waals surface area contributed by atoms with E-state index in [1.807, 2.05) is 54.6 Å². The highest BCUT2D eigenvalue weighted by molar-refractivity contribution is 6.30. The summed E-state index contributed by atoms with van der Waals surface area (Å²) in [6.45, 7) is 0.411. The number of fused-ring (bicyclic) bond motifs is 1. The van der Waals surface area contributed by atoms with E-state index < -0.39 is 0 Å². The van der Waals surface area contributed by atoms with E-state index in [4.69, 9.17) is 16.0 Å². The highest BCUT2D eigenvalue weighted by atomic mass is 35.5. The maximum atomic E-state index is 11.9. The smallest absolute Gasteiger partial charge is 0.220 e. The zero-order valence-corrected chi connectivity index (χ0v) is 12.8. The molecule has 0 aliphatic carbocycles. The maximum Gasteiger partial charge on any atom is 0.220 e. The van der Waals surface area contributed by atoms with Crippen LogP contribution in [0.5, 0.6) is 0 Å². The van der Waals surface area contributed by atoms with Gasteiger partial charge in [0.15, 0.2) is 0 Å². The lowest BCUT2D eigenvalue weighted by Gasteiger charge is -2.03. The van der Waals surface area contributed by atoms with E-state index in [0.717, 1.165) is 22.3 Å². The summed E-state index contributed by atoms with van der Waals surface area (Å²) in [5.74, 6) is 0.774. The molecule has 1 N–H and O–H groups in total. The number of carbonyl (C=O) groups excluding carboxylic acids is 1. The third-order valence-electron chi connectivity index (χ3n) is 3.49. The number of amides is 1. The molecule has 112 valence electrons. The lowest BCUT2D eigenvalue weighted by Crippen LogP contribution is -2.22.